The molecule has 150 valence electrons. The highest BCUT2D eigenvalue weighted by molar-refractivity contribution is 5.95. The monoisotopic (exact) mass is 396 g/mol. The minimum Gasteiger partial charge on any atom is -0.337 e. The Balaban J connectivity index is 1.68. The first-order chi connectivity index (χ1) is 14.5. The minimum absolute atomic E-state index is 0.0496. The van der Waals surface area contributed by atoms with E-state index in [0.29, 0.717) is 12.1 Å². The molecule has 4 aromatic rings. The average Bonchev–Trinajstić information content (AvgIpc) is 3.18. The quantitative estimate of drug-likeness (QED) is 0.486. The van der Waals surface area contributed by atoms with Crippen molar-refractivity contribution in [3.05, 3.63) is 102 Å². The highest BCUT2D eigenvalue weighted by Crippen LogP contribution is 2.25. The normalized spacial score (nSPS) is 10.8. The van der Waals surface area contributed by atoms with Crippen molar-refractivity contribution in [1.82, 2.24) is 19.7 Å². The molecule has 0 radical (unpaired) electrons. The van der Waals surface area contributed by atoms with Crippen molar-refractivity contribution in [2.75, 3.05) is 7.05 Å². The van der Waals surface area contributed by atoms with Gasteiger partial charge in [0, 0.05) is 36.6 Å². The van der Waals surface area contributed by atoms with Gasteiger partial charge in [-0.15, -0.1) is 0 Å². The molecule has 5 heteroatoms. The number of pyridine rings is 1. The van der Waals surface area contributed by atoms with Crippen LogP contribution < -0.4 is 0 Å². The van der Waals surface area contributed by atoms with Crippen molar-refractivity contribution in [1.29, 1.82) is 0 Å². The highest BCUT2D eigenvalue weighted by atomic mass is 16.2. The Bertz CT molecular complexity index is 1170. The molecule has 4 rings (SSSR count). The van der Waals surface area contributed by atoms with Crippen molar-refractivity contribution in [3.8, 4) is 16.9 Å². The first-order valence-corrected chi connectivity index (χ1v) is 9.92. The van der Waals surface area contributed by atoms with Crippen molar-refractivity contribution in [2.45, 2.75) is 20.4 Å². The molecule has 0 bridgehead atoms. The van der Waals surface area contributed by atoms with Crippen molar-refractivity contribution < 1.29 is 4.79 Å². The SMILES string of the molecule is Cc1ccc(C(=O)N(C)Cc2cn(-c3ccccc3)nc2-c2ccccc2)c(C)n1. The zero-order valence-corrected chi connectivity index (χ0v) is 17.4. The van der Waals surface area contributed by atoms with E-state index in [-0.39, 0.29) is 5.91 Å². The van der Waals surface area contributed by atoms with E-state index in [9.17, 15) is 4.79 Å². The summed E-state index contributed by atoms with van der Waals surface area (Å²) in [5, 5.41) is 4.83. The number of carbonyl (C=O) groups excluding carboxylic acids is 1. The molecule has 30 heavy (non-hydrogen) atoms. The molecule has 0 unspecified atom stereocenters. The van der Waals surface area contributed by atoms with Gasteiger partial charge < -0.3 is 4.90 Å². The molecular formula is C25H24N4O. The smallest absolute Gasteiger partial charge is 0.255 e. The average molecular weight is 396 g/mol. The standard InChI is InChI=1S/C25H24N4O/c1-18-14-15-23(19(2)26-18)25(30)28(3)16-21-17-29(22-12-8-5-9-13-22)27-24(21)20-10-6-4-7-11-20/h4-15,17H,16H2,1-3H3. The molecule has 2 aromatic carbocycles. The molecule has 5 nitrogen and oxygen atoms in total. The summed E-state index contributed by atoms with van der Waals surface area (Å²) >= 11 is 0. The molecule has 1 amide bonds. The van der Waals surface area contributed by atoms with Gasteiger partial charge in [-0.1, -0.05) is 48.5 Å². The van der Waals surface area contributed by atoms with Crippen LogP contribution in [-0.2, 0) is 6.54 Å². The Labute approximate surface area is 176 Å². The maximum atomic E-state index is 13.1. The second-order valence-electron chi connectivity index (χ2n) is 7.40. The molecule has 0 spiro atoms. The van der Waals surface area contributed by atoms with Crippen LogP contribution in [0.1, 0.15) is 27.3 Å². The minimum atomic E-state index is -0.0496. The third kappa shape index (κ3) is 4.01. The fourth-order valence-electron chi connectivity index (χ4n) is 3.52. The number of hydrogen-bond acceptors (Lipinski definition) is 3. The predicted molar refractivity (Wildman–Crippen MR) is 119 cm³/mol. The number of benzene rings is 2. The summed E-state index contributed by atoms with van der Waals surface area (Å²) in [4.78, 5) is 19.2. The summed E-state index contributed by atoms with van der Waals surface area (Å²) in [6.45, 7) is 4.25. The zero-order chi connectivity index (χ0) is 21.1. The number of hydrogen-bond donors (Lipinski definition) is 0. The van der Waals surface area contributed by atoms with Crippen LogP contribution in [0.5, 0.6) is 0 Å². The maximum absolute atomic E-state index is 13.1. The molecule has 0 aliphatic carbocycles. The number of nitrogens with zero attached hydrogens (tertiary/aromatic N) is 4. The van der Waals surface area contributed by atoms with Crippen LogP contribution in [0.25, 0.3) is 16.9 Å². The third-order valence-electron chi connectivity index (χ3n) is 5.07. The van der Waals surface area contributed by atoms with E-state index in [1.165, 1.54) is 0 Å². The maximum Gasteiger partial charge on any atom is 0.255 e. The van der Waals surface area contributed by atoms with Crippen LogP contribution in [0.15, 0.2) is 79.0 Å². The van der Waals surface area contributed by atoms with Gasteiger partial charge in [0.2, 0.25) is 0 Å². The molecule has 0 fully saturated rings. The Kier molecular flexibility index (Phi) is 5.44. The van der Waals surface area contributed by atoms with Gasteiger partial charge in [0.25, 0.3) is 5.91 Å². The lowest BCUT2D eigenvalue weighted by Gasteiger charge is -2.18. The van der Waals surface area contributed by atoms with Crippen molar-refractivity contribution in [3.63, 3.8) is 0 Å². The van der Waals surface area contributed by atoms with Crippen LogP contribution in [0.3, 0.4) is 0 Å². The topological polar surface area (TPSA) is 51.0 Å². The van der Waals surface area contributed by atoms with E-state index < -0.39 is 0 Å². The van der Waals surface area contributed by atoms with Gasteiger partial charge >= 0.3 is 0 Å². The molecular weight excluding hydrogens is 372 g/mol. The van der Waals surface area contributed by atoms with E-state index >= 15 is 0 Å². The van der Waals surface area contributed by atoms with Crippen molar-refractivity contribution in [2.24, 2.45) is 0 Å². The fraction of sp³-hybridized carbons (Fsp3) is 0.160. The number of amides is 1. The molecule has 0 N–H and O–H groups in total. The predicted octanol–water partition coefficient (Wildman–Crippen LogP) is 4.82. The van der Waals surface area contributed by atoms with Crippen LogP contribution in [-0.4, -0.2) is 32.6 Å². The van der Waals surface area contributed by atoms with Gasteiger partial charge in [0.1, 0.15) is 0 Å². The summed E-state index contributed by atoms with van der Waals surface area (Å²) in [7, 11) is 1.82. The number of aryl methyl sites for hydroxylation is 2. The second kappa shape index (κ2) is 8.33. The molecule has 2 aromatic heterocycles. The van der Waals surface area contributed by atoms with Gasteiger partial charge in [-0.3, -0.25) is 9.78 Å². The third-order valence-corrected chi connectivity index (χ3v) is 5.07. The second-order valence-corrected chi connectivity index (χ2v) is 7.40. The highest BCUT2D eigenvalue weighted by Gasteiger charge is 2.19. The Hall–Kier alpha value is -3.73. The van der Waals surface area contributed by atoms with Crippen LogP contribution in [0.4, 0.5) is 0 Å². The summed E-state index contributed by atoms with van der Waals surface area (Å²) in [5.41, 5.74) is 6.14. The molecule has 0 aliphatic heterocycles. The van der Waals surface area contributed by atoms with Crippen LogP contribution in [0, 0.1) is 13.8 Å². The van der Waals surface area contributed by atoms with Crippen molar-refractivity contribution >= 4 is 5.91 Å². The molecule has 0 saturated heterocycles. The largest absolute Gasteiger partial charge is 0.337 e. The van der Waals surface area contributed by atoms with E-state index in [2.05, 4.69) is 4.98 Å². The molecule has 0 saturated carbocycles. The summed E-state index contributed by atoms with van der Waals surface area (Å²) in [6.07, 6.45) is 2.00. The van der Waals surface area contributed by atoms with Gasteiger partial charge in [0.15, 0.2) is 0 Å². The summed E-state index contributed by atoms with van der Waals surface area (Å²) in [5.74, 6) is -0.0496. The van der Waals surface area contributed by atoms with E-state index in [1.807, 2.05) is 105 Å². The van der Waals surface area contributed by atoms with E-state index in [1.54, 1.807) is 4.90 Å². The Morgan fingerprint density at radius 1 is 0.933 bits per heavy atom. The number of aromatic nitrogens is 3. The van der Waals surface area contributed by atoms with Gasteiger partial charge in [0.05, 0.1) is 22.6 Å². The van der Waals surface area contributed by atoms with Crippen LogP contribution in [0.2, 0.25) is 0 Å². The number of para-hydroxylation sites is 1. The van der Waals surface area contributed by atoms with Gasteiger partial charge in [-0.25, -0.2) is 4.68 Å². The first kappa shape index (κ1) is 19.6. The molecule has 2 heterocycles. The molecule has 0 aliphatic rings. The molecule has 0 atom stereocenters. The summed E-state index contributed by atoms with van der Waals surface area (Å²) < 4.78 is 1.87. The lowest BCUT2D eigenvalue weighted by Crippen LogP contribution is -2.27. The van der Waals surface area contributed by atoms with E-state index in [4.69, 9.17) is 5.10 Å². The van der Waals surface area contributed by atoms with Gasteiger partial charge in [-0.2, -0.15) is 5.10 Å². The number of rotatable bonds is 5. The summed E-state index contributed by atoms with van der Waals surface area (Å²) in [6, 6.07) is 23.8. The number of carbonyl (C=O) groups is 1. The lowest BCUT2D eigenvalue weighted by atomic mass is 10.1. The van der Waals surface area contributed by atoms with E-state index in [0.717, 1.165) is 33.9 Å². The zero-order valence-electron chi connectivity index (χ0n) is 17.4. The van der Waals surface area contributed by atoms with Gasteiger partial charge in [-0.05, 0) is 38.1 Å². The fourth-order valence-corrected chi connectivity index (χ4v) is 3.52. The lowest BCUT2D eigenvalue weighted by molar-refractivity contribution is 0.0784. The Morgan fingerprint density at radius 2 is 1.60 bits per heavy atom. The van der Waals surface area contributed by atoms with Crippen LogP contribution >= 0.6 is 0 Å². The first-order valence-electron chi connectivity index (χ1n) is 9.92. The Morgan fingerprint density at radius 3 is 2.27 bits per heavy atom.